The number of anilines is 1. The van der Waals surface area contributed by atoms with Crippen molar-refractivity contribution >= 4 is 35.6 Å². The van der Waals surface area contributed by atoms with Crippen molar-refractivity contribution in [2.24, 2.45) is 4.99 Å². The van der Waals surface area contributed by atoms with E-state index in [2.05, 4.69) is 20.4 Å². The molecule has 10 heteroatoms. The quantitative estimate of drug-likeness (QED) is 0.279. The molecule has 0 bridgehead atoms. The van der Waals surface area contributed by atoms with Gasteiger partial charge in [-0.2, -0.15) is 8.78 Å². The second kappa shape index (κ2) is 12.9. The van der Waals surface area contributed by atoms with Crippen molar-refractivity contribution in [3.63, 3.8) is 0 Å². The highest BCUT2D eigenvalue weighted by atomic mass is 127. The summed E-state index contributed by atoms with van der Waals surface area (Å²) >= 11 is 0. The van der Waals surface area contributed by atoms with E-state index in [1.165, 1.54) is 6.07 Å². The third kappa shape index (κ3) is 7.39. The van der Waals surface area contributed by atoms with E-state index >= 15 is 0 Å². The Morgan fingerprint density at radius 1 is 1.00 bits per heavy atom. The van der Waals surface area contributed by atoms with Gasteiger partial charge in [0.05, 0.1) is 20.8 Å². The third-order valence-corrected chi connectivity index (χ3v) is 3.85. The molecule has 0 amide bonds. The van der Waals surface area contributed by atoms with Crippen LogP contribution in [0.4, 0.5) is 14.5 Å². The standard InChI is InChI=1S/C20H25F2N3O4.HI/c1-5-28-18-10-13(6-8-16(18)29-19(21)22)12-24-20(23-2)25-14-7-9-15(26-3)17(11-14)27-4;/h6-11,19H,5,12H2,1-4H3,(H2,23,24,25);1H. The van der Waals surface area contributed by atoms with Crippen LogP contribution in [-0.4, -0.2) is 40.4 Å². The number of rotatable bonds is 9. The second-order valence-electron chi connectivity index (χ2n) is 5.71. The minimum Gasteiger partial charge on any atom is -0.493 e. The minimum atomic E-state index is -2.91. The predicted octanol–water partition coefficient (Wildman–Crippen LogP) is 4.51. The molecule has 30 heavy (non-hydrogen) atoms. The van der Waals surface area contributed by atoms with Crippen LogP contribution in [0, 0.1) is 0 Å². The molecular weight excluding hydrogens is 511 g/mol. The van der Waals surface area contributed by atoms with Gasteiger partial charge in [-0.1, -0.05) is 6.07 Å². The van der Waals surface area contributed by atoms with Crippen LogP contribution in [0.15, 0.2) is 41.4 Å². The van der Waals surface area contributed by atoms with Gasteiger partial charge in [-0.25, -0.2) is 0 Å². The molecule has 0 fully saturated rings. The molecular formula is C20H26F2IN3O4. The summed E-state index contributed by atoms with van der Waals surface area (Å²) in [5.74, 6) is 1.98. The van der Waals surface area contributed by atoms with Crippen LogP contribution in [0.25, 0.3) is 0 Å². The summed E-state index contributed by atoms with van der Waals surface area (Å²) in [7, 11) is 4.77. The van der Waals surface area contributed by atoms with Gasteiger partial charge in [-0.15, -0.1) is 24.0 Å². The van der Waals surface area contributed by atoms with E-state index in [1.807, 2.05) is 6.07 Å². The molecule has 166 valence electrons. The lowest BCUT2D eigenvalue weighted by atomic mass is 10.2. The third-order valence-electron chi connectivity index (χ3n) is 3.85. The monoisotopic (exact) mass is 537 g/mol. The molecule has 0 unspecified atom stereocenters. The van der Waals surface area contributed by atoms with Crippen molar-refractivity contribution in [3.05, 3.63) is 42.0 Å². The van der Waals surface area contributed by atoms with Crippen molar-refractivity contribution < 1.29 is 27.7 Å². The van der Waals surface area contributed by atoms with Gasteiger partial charge in [-0.05, 0) is 36.8 Å². The summed E-state index contributed by atoms with van der Waals surface area (Å²) in [6, 6.07) is 10.2. The summed E-state index contributed by atoms with van der Waals surface area (Å²) in [5.41, 5.74) is 1.57. The average molecular weight is 537 g/mol. The number of nitrogens with zero attached hydrogens (tertiary/aromatic N) is 1. The first-order chi connectivity index (χ1) is 14.0. The van der Waals surface area contributed by atoms with Crippen LogP contribution in [0.1, 0.15) is 12.5 Å². The van der Waals surface area contributed by atoms with Crippen molar-refractivity contribution in [2.75, 3.05) is 33.2 Å². The zero-order chi connectivity index (χ0) is 21.2. The van der Waals surface area contributed by atoms with E-state index in [9.17, 15) is 8.78 Å². The normalized spacial score (nSPS) is 10.8. The van der Waals surface area contributed by atoms with Gasteiger partial charge < -0.3 is 29.6 Å². The summed E-state index contributed by atoms with van der Waals surface area (Å²) < 4.78 is 45.4. The molecule has 2 aromatic carbocycles. The molecule has 2 N–H and O–H groups in total. The summed E-state index contributed by atoms with van der Waals surface area (Å²) in [4.78, 5) is 4.18. The van der Waals surface area contributed by atoms with Crippen molar-refractivity contribution in [1.82, 2.24) is 5.32 Å². The van der Waals surface area contributed by atoms with Crippen LogP contribution in [0.3, 0.4) is 0 Å². The highest BCUT2D eigenvalue weighted by molar-refractivity contribution is 14.0. The highest BCUT2D eigenvalue weighted by Gasteiger charge is 2.12. The summed E-state index contributed by atoms with van der Waals surface area (Å²) in [5, 5.41) is 6.30. The van der Waals surface area contributed by atoms with Gasteiger partial charge >= 0.3 is 6.61 Å². The fourth-order valence-electron chi connectivity index (χ4n) is 2.54. The zero-order valence-electron chi connectivity index (χ0n) is 17.2. The number of methoxy groups -OCH3 is 2. The first-order valence-electron chi connectivity index (χ1n) is 8.90. The number of ether oxygens (including phenoxy) is 4. The molecule has 0 aromatic heterocycles. The molecule has 0 spiro atoms. The number of benzene rings is 2. The van der Waals surface area contributed by atoms with E-state index in [-0.39, 0.29) is 35.5 Å². The predicted molar refractivity (Wildman–Crippen MR) is 123 cm³/mol. The second-order valence-corrected chi connectivity index (χ2v) is 5.71. The lowest BCUT2D eigenvalue weighted by molar-refractivity contribution is -0.0514. The van der Waals surface area contributed by atoms with E-state index in [0.29, 0.717) is 30.6 Å². The van der Waals surface area contributed by atoms with Crippen LogP contribution in [0.2, 0.25) is 0 Å². The number of alkyl halides is 2. The molecule has 0 atom stereocenters. The van der Waals surface area contributed by atoms with E-state index in [4.69, 9.17) is 14.2 Å². The van der Waals surface area contributed by atoms with Gasteiger partial charge in [0.1, 0.15) is 0 Å². The fourth-order valence-corrected chi connectivity index (χ4v) is 2.54. The average Bonchev–Trinajstić information content (AvgIpc) is 2.72. The summed E-state index contributed by atoms with van der Waals surface area (Å²) in [6.07, 6.45) is 0. The SMILES string of the molecule is CCOc1cc(CNC(=NC)Nc2ccc(OC)c(OC)c2)ccc1OC(F)F.I. The Labute approximate surface area is 191 Å². The largest absolute Gasteiger partial charge is 0.493 e. The Morgan fingerprint density at radius 3 is 2.30 bits per heavy atom. The van der Waals surface area contributed by atoms with E-state index in [0.717, 1.165) is 11.3 Å². The lowest BCUT2D eigenvalue weighted by Crippen LogP contribution is -2.30. The van der Waals surface area contributed by atoms with Crippen molar-refractivity contribution in [1.29, 1.82) is 0 Å². The number of guanidine groups is 1. The molecule has 7 nitrogen and oxygen atoms in total. The molecule has 0 aliphatic carbocycles. The molecule has 0 radical (unpaired) electrons. The van der Waals surface area contributed by atoms with Crippen LogP contribution >= 0.6 is 24.0 Å². The van der Waals surface area contributed by atoms with Crippen LogP contribution in [0.5, 0.6) is 23.0 Å². The smallest absolute Gasteiger partial charge is 0.387 e. The molecule has 0 saturated heterocycles. The molecule has 2 aromatic rings. The Morgan fingerprint density at radius 2 is 1.70 bits per heavy atom. The minimum absolute atomic E-state index is 0. The number of hydrogen-bond acceptors (Lipinski definition) is 5. The molecule has 0 saturated carbocycles. The number of hydrogen-bond donors (Lipinski definition) is 2. The highest BCUT2D eigenvalue weighted by Crippen LogP contribution is 2.31. The topological polar surface area (TPSA) is 73.3 Å². The Hall–Kier alpha value is -2.50. The van der Waals surface area contributed by atoms with Gasteiger partial charge in [-0.3, -0.25) is 4.99 Å². The Balaban J connectivity index is 0.00000450. The van der Waals surface area contributed by atoms with Gasteiger partial charge in [0.2, 0.25) is 0 Å². The maximum Gasteiger partial charge on any atom is 0.387 e. The van der Waals surface area contributed by atoms with Gasteiger partial charge in [0, 0.05) is 25.3 Å². The molecule has 0 heterocycles. The van der Waals surface area contributed by atoms with Gasteiger partial charge in [0.15, 0.2) is 29.0 Å². The fraction of sp³-hybridized carbons (Fsp3) is 0.350. The summed E-state index contributed by atoms with van der Waals surface area (Å²) in [6.45, 7) is -0.421. The Kier molecular flexibility index (Phi) is 11.0. The molecule has 0 aliphatic heterocycles. The van der Waals surface area contributed by atoms with Crippen LogP contribution in [-0.2, 0) is 6.54 Å². The van der Waals surface area contributed by atoms with Crippen molar-refractivity contribution in [2.45, 2.75) is 20.1 Å². The first kappa shape index (κ1) is 25.5. The lowest BCUT2D eigenvalue weighted by Gasteiger charge is -2.15. The van der Waals surface area contributed by atoms with Gasteiger partial charge in [0.25, 0.3) is 0 Å². The number of halogens is 3. The Bertz CT molecular complexity index is 838. The first-order valence-corrected chi connectivity index (χ1v) is 8.90. The molecule has 2 rings (SSSR count). The number of nitrogens with one attached hydrogen (secondary N) is 2. The molecule has 0 aliphatic rings. The van der Waals surface area contributed by atoms with Crippen molar-refractivity contribution in [3.8, 4) is 23.0 Å². The maximum absolute atomic E-state index is 12.5. The zero-order valence-corrected chi connectivity index (χ0v) is 19.5. The van der Waals surface area contributed by atoms with E-state index < -0.39 is 6.61 Å². The maximum atomic E-state index is 12.5. The number of aliphatic imine (C=N–C) groups is 1. The van der Waals surface area contributed by atoms with Crippen LogP contribution < -0.4 is 29.6 Å². The van der Waals surface area contributed by atoms with E-state index in [1.54, 1.807) is 52.5 Å².